The van der Waals surface area contributed by atoms with Crippen LogP contribution in [0.5, 0.6) is 0 Å². The first kappa shape index (κ1) is 53.3. The van der Waals surface area contributed by atoms with Crippen molar-refractivity contribution in [3.63, 3.8) is 0 Å². The van der Waals surface area contributed by atoms with Gasteiger partial charge in [-0.3, -0.25) is 19.3 Å². The fraction of sp³-hybridized carbons (Fsp3) is 0.491. The van der Waals surface area contributed by atoms with Crippen LogP contribution in [0.25, 0.3) is 32.7 Å². The van der Waals surface area contributed by atoms with Gasteiger partial charge in [-0.05, 0) is 118 Å². The highest BCUT2D eigenvalue weighted by Gasteiger charge is 2.42. The summed E-state index contributed by atoms with van der Waals surface area (Å²) in [5, 5.41) is -0.262. The fourth-order valence-electron chi connectivity index (χ4n) is 10.7. The molecule has 1 aliphatic rings. The molecular weight excluding hydrogens is 940 g/mol. The Balaban J connectivity index is 1.06. The van der Waals surface area contributed by atoms with Crippen molar-refractivity contribution in [3.8, 4) is 0 Å². The number of pyridine rings is 3. The number of likely N-dealkylation sites (tertiary alicyclic amines) is 1. The lowest BCUT2D eigenvalue weighted by Gasteiger charge is -2.41. The van der Waals surface area contributed by atoms with Gasteiger partial charge in [-0.15, -0.1) is 0 Å². The van der Waals surface area contributed by atoms with Crippen LogP contribution in [-0.2, 0) is 59.2 Å². The summed E-state index contributed by atoms with van der Waals surface area (Å²) >= 11 is 0. The zero-order valence-corrected chi connectivity index (χ0v) is 41.7. The number of rotatable bonds is 15. The van der Waals surface area contributed by atoms with Gasteiger partial charge in [0.2, 0.25) is 0 Å². The summed E-state index contributed by atoms with van der Waals surface area (Å²) in [7, 11) is 9.78. The van der Waals surface area contributed by atoms with E-state index >= 15 is 13.2 Å². The molecular formula is C53H61F9N6O3. The number of benzene rings is 3. The molecule has 2 atom stereocenters. The predicted octanol–water partition coefficient (Wildman–Crippen LogP) is 10.8. The number of hydrogen-bond acceptors (Lipinski definition) is 6. The minimum absolute atomic E-state index is 0.0578. The third-order valence-corrected chi connectivity index (χ3v) is 14.3. The molecule has 71 heavy (non-hydrogen) atoms. The highest BCUT2D eigenvalue weighted by Crippen LogP contribution is 2.43. The first-order chi connectivity index (χ1) is 33.0. The topological polar surface area (TPSA) is 75.7 Å². The molecule has 1 aliphatic heterocycles. The van der Waals surface area contributed by atoms with E-state index < -0.39 is 69.7 Å². The molecule has 18 heteroatoms. The molecule has 6 aromatic rings. The molecule has 0 spiro atoms. The second-order valence-corrected chi connectivity index (χ2v) is 20.3. The van der Waals surface area contributed by atoms with E-state index in [-0.39, 0.29) is 81.1 Å². The van der Waals surface area contributed by atoms with Gasteiger partial charge in [0.05, 0.1) is 33.2 Å². The first-order valence-corrected chi connectivity index (χ1v) is 23.7. The summed E-state index contributed by atoms with van der Waals surface area (Å²) in [5.41, 5.74) is -3.69. The molecule has 4 heterocycles. The van der Waals surface area contributed by atoms with Gasteiger partial charge in [0.15, 0.2) is 0 Å². The summed E-state index contributed by atoms with van der Waals surface area (Å²) in [6.45, 7) is 8.58. The molecule has 0 amide bonds. The number of halogens is 9. The molecule has 384 valence electrons. The minimum Gasteiger partial charge on any atom is -0.311 e. The summed E-state index contributed by atoms with van der Waals surface area (Å²) in [4.78, 5) is 46.2. The average Bonchev–Trinajstić information content (AvgIpc) is 3.25. The van der Waals surface area contributed by atoms with E-state index in [9.17, 15) is 40.7 Å². The van der Waals surface area contributed by atoms with E-state index in [1.165, 1.54) is 65.2 Å². The van der Waals surface area contributed by atoms with Crippen molar-refractivity contribution in [3.05, 3.63) is 136 Å². The Hall–Kier alpha value is -5.46. The molecule has 0 saturated carbocycles. The van der Waals surface area contributed by atoms with Gasteiger partial charge in [-0.25, -0.2) is 0 Å². The van der Waals surface area contributed by atoms with E-state index in [4.69, 9.17) is 0 Å². The van der Waals surface area contributed by atoms with Crippen LogP contribution in [0, 0.1) is 5.92 Å². The Morgan fingerprint density at radius 3 is 1.56 bits per heavy atom. The summed E-state index contributed by atoms with van der Waals surface area (Å²) in [5.74, 6) is -2.36. The Kier molecular flexibility index (Phi) is 14.9. The molecule has 0 aliphatic carbocycles. The monoisotopic (exact) mass is 1000 g/mol. The largest absolute Gasteiger partial charge is 0.417 e. The number of alkyl halides is 9. The second-order valence-electron chi connectivity index (χ2n) is 20.3. The van der Waals surface area contributed by atoms with E-state index in [0.717, 1.165) is 5.56 Å². The third-order valence-electron chi connectivity index (χ3n) is 14.3. The Bertz CT molecular complexity index is 3180. The van der Waals surface area contributed by atoms with Crippen molar-refractivity contribution < 1.29 is 39.5 Å². The van der Waals surface area contributed by atoms with Crippen LogP contribution in [0.1, 0.15) is 108 Å². The van der Waals surface area contributed by atoms with E-state index in [1.54, 1.807) is 59.0 Å². The number of hydrogen-bond donors (Lipinski definition) is 0. The molecule has 0 radical (unpaired) electrons. The zero-order chi connectivity index (χ0) is 52.4. The maximum absolute atomic E-state index is 15.2. The number of aromatic nitrogens is 3. The highest BCUT2D eigenvalue weighted by molar-refractivity contribution is 5.87. The maximum atomic E-state index is 15.2. The smallest absolute Gasteiger partial charge is 0.311 e. The summed E-state index contributed by atoms with van der Waals surface area (Å²) < 4.78 is 137. The van der Waals surface area contributed by atoms with Gasteiger partial charge < -0.3 is 23.5 Å². The number of aryl methyl sites for hydroxylation is 3. The second kappa shape index (κ2) is 19.9. The molecule has 9 nitrogen and oxygen atoms in total. The van der Waals surface area contributed by atoms with Crippen molar-refractivity contribution in [2.75, 3.05) is 47.3 Å². The minimum atomic E-state index is -4.89. The Morgan fingerprint density at radius 1 is 0.563 bits per heavy atom. The lowest BCUT2D eigenvalue weighted by atomic mass is 9.83. The van der Waals surface area contributed by atoms with Crippen LogP contribution in [0.2, 0.25) is 0 Å². The fourth-order valence-corrected chi connectivity index (χ4v) is 10.7. The first-order valence-electron chi connectivity index (χ1n) is 23.7. The zero-order valence-electron chi connectivity index (χ0n) is 41.7. The van der Waals surface area contributed by atoms with Gasteiger partial charge in [-0.1, -0.05) is 52.0 Å². The number of nitrogens with zero attached hydrogens (tertiary/aromatic N) is 6. The molecule has 1 fully saturated rings. The van der Waals surface area contributed by atoms with Crippen molar-refractivity contribution in [1.82, 2.24) is 28.4 Å². The lowest BCUT2D eigenvalue weighted by Crippen LogP contribution is -2.46. The number of likely N-dealkylation sites (N-methyl/N-ethyl adjacent to an activating group) is 1. The van der Waals surface area contributed by atoms with Crippen molar-refractivity contribution in [1.29, 1.82) is 0 Å². The van der Waals surface area contributed by atoms with Crippen LogP contribution in [0.3, 0.4) is 0 Å². The Morgan fingerprint density at radius 2 is 1.03 bits per heavy atom. The van der Waals surface area contributed by atoms with Crippen molar-refractivity contribution in [2.45, 2.75) is 96.3 Å². The van der Waals surface area contributed by atoms with Gasteiger partial charge in [0.1, 0.15) is 0 Å². The molecule has 3 aromatic carbocycles. The normalized spacial score (nSPS) is 15.3. The van der Waals surface area contributed by atoms with Crippen LogP contribution in [0.4, 0.5) is 39.5 Å². The quantitative estimate of drug-likeness (QED) is 0.0954. The van der Waals surface area contributed by atoms with Gasteiger partial charge in [0, 0.05) is 86.7 Å². The summed E-state index contributed by atoms with van der Waals surface area (Å²) in [6, 6.07) is 13.9. The van der Waals surface area contributed by atoms with E-state index in [2.05, 4.69) is 0 Å². The lowest BCUT2D eigenvalue weighted by molar-refractivity contribution is -0.138. The maximum Gasteiger partial charge on any atom is 0.417 e. The van der Waals surface area contributed by atoms with E-state index in [1.807, 2.05) is 28.8 Å². The molecule has 2 unspecified atom stereocenters. The van der Waals surface area contributed by atoms with Crippen LogP contribution >= 0.6 is 0 Å². The average molecular weight is 1000 g/mol. The summed E-state index contributed by atoms with van der Waals surface area (Å²) in [6.07, 6.45) is -13.7. The van der Waals surface area contributed by atoms with E-state index in [0.29, 0.717) is 43.9 Å². The third kappa shape index (κ3) is 10.7. The van der Waals surface area contributed by atoms with Crippen molar-refractivity contribution >= 4 is 32.7 Å². The standard InChI is InChI=1S/C53H61F9N6O3/c1-29(2)42-46(52(57,58)59)38-23-33(13-16-40(38)65(8)48(42)69)26-68-27-35(28-68)21-31(4)44-47(53(60,61)62)37-22-32(12-15-39(37)66(9)50(44)71)18-20-64(7)19-17-30(3)43-45(51(54,55)56)36-14-11-34(25-63(5)6)24-41(36)67(10)49(43)70/h11-16,22-24,29-31,35H,17-21,25-28H2,1-10H3. The van der Waals surface area contributed by atoms with Crippen LogP contribution in [0.15, 0.2) is 69.0 Å². The van der Waals surface area contributed by atoms with Crippen LogP contribution in [-0.4, -0.2) is 75.7 Å². The SMILES string of the molecule is CC(C)c1c(C(F)(F)F)c2cc(CN3CC(CC(C)c4c(C(F)(F)F)c5cc(CCN(C)CCC(C)c6c(C(F)(F)F)c7ccc(CN(C)C)cc7n(C)c6=O)ccc5n(C)c4=O)C3)ccc2n(C)c1=O. The molecule has 0 bridgehead atoms. The predicted molar refractivity (Wildman–Crippen MR) is 260 cm³/mol. The molecule has 0 N–H and O–H groups in total. The molecule has 7 rings (SSSR count). The van der Waals surface area contributed by atoms with Gasteiger partial charge >= 0.3 is 18.5 Å². The highest BCUT2D eigenvalue weighted by atomic mass is 19.4. The van der Waals surface area contributed by atoms with Gasteiger partial charge in [-0.2, -0.15) is 39.5 Å². The Labute approximate surface area is 406 Å². The van der Waals surface area contributed by atoms with Gasteiger partial charge in [0.25, 0.3) is 16.7 Å². The number of fused-ring (bicyclic) bond motifs is 3. The van der Waals surface area contributed by atoms with Crippen LogP contribution < -0.4 is 16.7 Å². The molecule has 1 saturated heterocycles. The van der Waals surface area contributed by atoms with Crippen molar-refractivity contribution in [2.24, 2.45) is 27.1 Å². The molecule has 3 aromatic heterocycles.